The second kappa shape index (κ2) is 10.4. The largest absolute Gasteiger partial charge is 0.369 e. The summed E-state index contributed by atoms with van der Waals surface area (Å²) in [6.07, 6.45) is 6.16. The number of anilines is 4. The molecule has 1 saturated heterocycles. The standard InChI is InChI=1S/C23H30ClN8O2P/c1-15-18(13-27-32(15)21-10-6-7-11-31(21)14-20(25)33)29-23-26-12-16(24)22(30-23)28-17-8-4-5-9-19(17)35(2,3)34/h4-5,8-9,12-13,21H,6-7,10-11,14H2,1-3H3,(H2,25,33)(H2,26,28,29,30). The van der Waals surface area contributed by atoms with Crippen LogP contribution in [-0.2, 0) is 9.36 Å². The smallest absolute Gasteiger partial charge is 0.231 e. The van der Waals surface area contributed by atoms with Gasteiger partial charge in [0.1, 0.15) is 18.3 Å². The van der Waals surface area contributed by atoms with E-state index in [0.29, 0.717) is 27.8 Å². The van der Waals surface area contributed by atoms with E-state index in [1.165, 1.54) is 6.20 Å². The van der Waals surface area contributed by atoms with E-state index in [1.807, 2.05) is 35.9 Å². The topological polar surface area (TPSA) is 131 Å². The minimum Gasteiger partial charge on any atom is -0.369 e. The maximum Gasteiger partial charge on any atom is 0.231 e. The van der Waals surface area contributed by atoms with E-state index in [1.54, 1.807) is 19.5 Å². The van der Waals surface area contributed by atoms with Gasteiger partial charge >= 0.3 is 0 Å². The molecule has 0 radical (unpaired) electrons. The molecule has 3 heterocycles. The molecule has 10 nitrogen and oxygen atoms in total. The summed E-state index contributed by atoms with van der Waals surface area (Å²) in [6.45, 7) is 6.40. The number of amides is 1. The molecular formula is C23H30ClN8O2P. The quantitative estimate of drug-likeness (QED) is 0.385. The summed E-state index contributed by atoms with van der Waals surface area (Å²) in [5.41, 5.74) is 7.77. The number of nitrogens with zero attached hydrogens (tertiary/aromatic N) is 5. The number of likely N-dealkylation sites (tertiary alicyclic amines) is 1. The summed E-state index contributed by atoms with van der Waals surface area (Å²) in [5.74, 6) is 0.389. The average molecular weight is 517 g/mol. The van der Waals surface area contributed by atoms with E-state index < -0.39 is 7.14 Å². The van der Waals surface area contributed by atoms with Crippen LogP contribution >= 0.6 is 18.7 Å². The molecule has 0 bridgehead atoms. The molecule has 35 heavy (non-hydrogen) atoms. The monoisotopic (exact) mass is 516 g/mol. The lowest BCUT2D eigenvalue weighted by Crippen LogP contribution is -2.42. The first-order valence-electron chi connectivity index (χ1n) is 11.4. The van der Waals surface area contributed by atoms with Crippen molar-refractivity contribution in [3.8, 4) is 0 Å². The Labute approximate surface area is 209 Å². The number of carbonyl (C=O) groups is 1. The second-order valence-corrected chi connectivity index (χ2v) is 12.6. The summed E-state index contributed by atoms with van der Waals surface area (Å²) in [6, 6.07) is 7.39. The van der Waals surface area contributed by atoms with Crippen molar-refractivity contribution in [1.82, 2.24) is 24.6 Å². The molecule has 1 aliphatic rings. The van der Waals surface area contributed by atoms with Crippen LogP contribution in [0.4, 0.5) is 23.1 Å². The first kappa shape index (κ1) is 25.2. The highest BCUT2D eigenvalue weighted by Gasteiger charge is 2.27. The molecule has 2 aromatic heterocycles. The lowest BCUT2D eigenvalue weighted by Gasteiger charge is -2.35. The number of carbonyl (C=O) groups excluding carboxylic acids is 1. The lowest BCUT2D eigenvalue weighted by atomic mass is 10.1. The molecule has 1 aromatic carbocycles. The number of rotatable bonds is 8. The molecule has 12 heteroatoms. The molecule has 1 fully saturated rings. The van der Waals surface area contributed by atoms with Crippen LogP contribution in [0.5, 0.6) is 0 Å². The number of para-hydroxylation sites is 1. The highest BCUT2D eigenvalue weighted by atomic mass is 35.5. The maximum absolute atomic E-state index is 12.7. The Bertz CT molecular complexity index is 1270. The summed E-state index contributed by atoms with van der Waals surface area (Å²) in [7, 11) is -2.51. The van der Waals surface area contributed by atoms with Crippen molar-refractivity contribution >= 4 is 53.1 Å². The molecular weight excluding hydrogens is 487 g/mol. The molecule has 186 valence electrons. The highest BCUT2D eigenvalue weighted by Crippen LogP contribution is 2.38. The Hall–Kier alpha value is -2.94. The van der Waals surface area contributed by atoms with Gasteiger partial charge in [-0.3, -0.25) is 14.4 Å². The fourth-order valence-electron chi connectivity index (χ4n) is 4.29. The molecule has 1 amide bonds. The fourth-order valence-corrected chi connectivity index (χ4v) is 5.59. The van der Waals surface area contributed by atoms with Gasteiger partial charge in [0.05, 0.1) is 36.0 Å². The van der Waals surface area contributed by atoms with Crippen LogP contribution in [0.25, 0.3) is 0 Å². The molecule has 4 N–H and O–H groups in total. The third-order valence-electron chi connectivity index (χ3n) is 5.99. The molecule has 0 saturated carbocycles. The van der Waals surface area contributed by atoms with Crippen LogP contribution < -0.4 is 21.7 Å². The van der Waals surface area contributed by atoms with E-state index in [-0.39, 0.29) is 18.6 Å². The fraction of sp³-hybridized carbons (Fsp3) is 0.391. The van der Waals surface area contributed by atoms with Crippen molar-refractivity contribution in [3.63, 3.8) is 0 Å². The summed E-state index contributed by atoms with van der Waals surface area (Å²) < 4.78 is 14.6. The average Bonchev–Trinajstić information content (AvgIpc) is 3.15. The van der Waals surface area contributed by atoms with Gasteiger partial charge in [-0.1, -0.05) is 23.7 Å². The van der Waals surface area contributed by atoms with Gasteiger partial charge in [-0.2, -0.15) is 10.1 Å². The first-order valence-corrected chi connectivity index (χ1v) is 14.4. The van der Waals surface area contributed by atoms with E-state index in [0.717, 1.165) is 37.2 Å². The Balaban J connectivity index is 1.57. The molecule has 1 aliphatic heterocycles. The molecule has 4 rings (SSSR count). The van der Waals surface area contributed by atoms with Crippen LogP contribution in [0.2, 0.25) is 5.02 Å². The van der Waals surface area contributed by atoms with Crippen LogP contribution in [-0.4, -0.2) is 57.0 Å². The zero-order valence-electron chi connectivity index (χ0n) is 20.0. The van der Waals surface area contributed by atoms with Crippen molar-refractivity contribution in [2.75, 3.05) is 37.1 Å². The van der Waals surface area contributed by atoms with Gasteiger partial charge in [0.15, 0.2) is 5.82 Å². The van der Waals surface area contributed by atoms with Crippen molar-refractivity contribution < 1.29 is 9.36 Å². The Morgan fingerprint density at radius 1 is 1.20 bits per heavy atom. The molecule has 3 aromatic rings. The summed E-state index contributed by atoms with van der Waals surface area (Å²) >= 11 is 6.37. The number of nitrogens with two attached hydrogens (primary N) is 1. The Morgan fingerprint density at radius 2 is 1.97 bits per heavy atom. The number of halogens is 1. The third kappa shape index (κ3) is 5.83. The second-order valence-electron chi connectivity index (χ2n) is 9.01. The van der Waals surface area contributed by atoms with Gasteiger partial charge < -0.3 is 20.9 Å². The van der Waals surface area contributed by atoms with Gasteiger partial charge in [0.25, 0.3) is 0 Å². The van der Waals surface area contributed by atoms with E-state index >= 15 is 0 Å². The van der Waals surface area contributed by atoms with E-state index in [9.17, 15) is 9.36 Å². The zero-order chi connectivity index (χ0) is 25.2. The molecule has 0 spiro atoms. The van der Waals surface area contributed by atoms with Crippen molar-refractivity contribution in [2.45, 2.75) is 32.4 Å². The summed E-state index contributed by atoms with van der Waals surface area (Å²) in [4.78, 5) is 22.4. The first-order chi connectivity index (χ1) is 16.6. The number of aromatic nitrogens is 4. The number of piperidine rings is 1. The maximum atomic E-state index is 12.7. The summed E-state index contributed by atoms with van der Waals surface area (Å²) in [5, 5.41) is 12.0. The third-order valence-corrected chi connectivity index (χ3v) is 7.82. The van der Waals surface area contributed by atoms with E-state index in [2.05, 4.69) is 30.6 Å². The number of hydrogen-bond donors (Lipinski definition) is 3. The normalized spacial score (nSPS) is 16.7. The number of hydrogen-bond acceptors (Lipinski definition) is 8. The number of nitrogens with one attached hydrogen (secondary N) is 2. The lowest BCUT2D eigenvalue weighted by molar-refractivity contribution is -0.120. The minimum atomic E-state index is -2.51. The molecule has 1 unspecified atom stereocenters. The number of primary amides is 1. The Morgan fingerprint density at radius 3 is 2.71 bits per heavy atom. The van der Waals surface area contributed by atoms with Crippen molar-refractivity contribution in [2.24, 2.45) is 5.73 Å². The van der Waals surface area contributed by atoms with Gasteiger partial charge in [0.2, 0.25) is 11.9 Å². The zero-order valence-corrected chi connectivity index (χ0v) is 21.7. The molecule has 1 atom stereocenters. The number of benzene rings is 1. The Kier molecular flexibility index (Phi) is 7.44. The minimum absolute atomic E-state index is 0.0366. The predicted molar refractivity (Wildman–Crippen MR) is 140 cm³/mol. The van der Waals surface area contributed by atoms with Crippen molar-refractivity contribution in [3.05, 3.63) is 47.4 Å². The van der Waals surface area contributed by atoms with Crippen LogP contribution in [0.1, 0.15) is 31.1 Å². The van der Waals surface area contributed by atoms with E-state index in [4.69, 9.17) is 17.3 Å². The highest BCUT2D eigenvalue weighted by molar-refractivity contribution is 7.70. The van der Waals surface area contributed by atoms with Crippen molar-refractivity contribution in [1.29, 1.82) is 0 Å². The molecule has 0 aliphatic carbocycles. The SMILES string of the molecule is Cc1c(Nc2ncc(Cl)c(Nc3ccccc3P(C)(C)=O)n2)cnn1C1CCCCN1CC(N)=O. The van der Waals surface area contributed by atoms with Gasteiger partial charge in [-0.15, -0.1) is 0 Å². The van der Waals surface area contributed by atoms with Gasteiger partial charge in [-0.25, -0.2) is 4.98 Å². The predicted octanol–water partition coefficient (Wildman–Crippen LogP) is 3.84. The van der Waals surface area contributed by atoms with Crippen LogP contribution in [0.15, 0.2) is 36.7 Å². The van der Waals surface area contributed by atoms with Gasteiger partial charge in [0, 0.05) is 11.8 Å². The van der Waals surface area contributed by atoms with Crippen LogP contribution in [0.3, 0.4) is 0 Å². The van der Waals surface area contributed by atoms with Gasteiger partial charge in [-0.05, 0) is 51.6 Å². The van der Waals surface area contributed by atoms with Crippen LogP contribution in [0, 0.1) is 6.92 Å².